The van der Waals surface area contributed by atoms with Gasteiger partial charge >= 0.3 is 0 Å². The fourth-order valence-corrected chi connectivity index (χ4v) is 3.16. The fraction of sp³-hybridized carbons (Fsp3) is 0.538. The van der Waals surface area contributed by atoms with Crippen molar-refractivity contribution >= 4 is 31.9 Å². The van der Waals surface area contributed by atoms with Gasteiger partial charge in [-0.15, -0.1) is 0 Å². The number of ether oxygens (including phenoxy) is 2. The minimum atomic E-state index is -0.963. The molecule has 0 N–H and O–H groups in total. The minimum absolute atomic E-state index is 0.0821. The molecule has 2 rings (SSSR count). The number of alkyl halides is 1. The summed E-state index contributed by atoms with van der Waals surface area (Å²) in [5, 5.41) is 0. The van der Waals surface area contributed by atoms with Gasteiger partial charge in [0.25, 0.3) is 0 Å². The van der Waals surface area contributed by atoms with Gasteiger partial charge in [-0.25, -0.2) is 4.39 Å². The maximum Gasteiger partial charge on any atom is 0.200 e. The molecule has 0 heterocycles. The first-order valence-corrected chi connectivity index (χ1v) is 7.80. The van der Waals surface area contributed by atoms with Crippen LogP contribution in [-0.4, -0.2) is 23.6 Å². The molecule has 1 aromatic carbocycles. The van der Waals surface area contributed by atoms with Crippen molar-refractivity contribution in [3.05, 3.63) is 28.2 Å². The predicted molar refractivity (Wildman–Crippen MR) is 75.8 cm³/mol. The molecule has 0 bridgehead atoms. The highest BCUT2D eigenvalue weighted by Gasteiger charge is 2.42. The van der Waals surface area contributed by atoms with Gasteiger partial charge in [-0.1, -0.05) is 38.8 Å². The van der Waals surface area contributed by atoms with Gasteiger partial charge in [0.1, 0.15) is 12.2 Å². The number of rotatable bonds is 5. The molecule has 0 amide bonds. The second kappa shape index (κ2) is 6.50. The SMILES string of the molecule is CCCOC1C(Br)CC1Oc1cc(Br)cc(F)c1F. The summed E-state index contributed by atoms with van der Waals surface area (Å²) in [6, 6.07) is 2.50. The number of benzene rings is 1. The number of halogens is 4. The molecular formula is C13H14Br2F2O2. The third-order valence-corrected chi connectivity index (χ3v) is 4.29. The van der Waals surface area contributed by atoms with E-state index >= 15 is 0 Å². The Morgan fingerprint density at radius 1 is 1.37 bits per heavy atom. The highest BCUT2D eigenvalue weighted by molar-refractivity contribution is 9.10. The summed E-state index contributed by atoms with van der Waals surface area (Å²) >= 11 is 6.59. The first-order valence-electron chi connectivity index (χ1n) is 6.09. The van der Waals surface area contributed by atoms with Crippen molar-refractivity contribution in [2.75, 3.05) is 6.61 Å². The molecule has 0 saturated heterocycles. The van der Waals surface area contributed by atoms with Crippen molar-refractivity contribution in [2.45, 2.75) is 36.8 Å². The number of hydrogen-bond acceptors (Lipinski definition) is 2. The maximum absolute atomic E-state index is 13.6. The third-order valence-electron chi connectivity index (χ3n) is 2.93. The van der Waals surface area contributed by atoms with Crippen LogP contribution in [0.25, 0.3) is 0 Å². The van der Waals surface area contributed by atoms with Gasteiger partial charge in [-0.2, -0.15) is 4.39 Å². The Morgan fingerprint density at radius 3 is 2.74 bits per heavy atom. The van der Waals surface area contributed by atoms with Crippen molar-refractivity contribution in [3.63, 3.8) is 0 Å². The van der Waals surface area contributed by atoms with Crippen molar-refractivity contribution < 1.29 is 18.3 Å². The standard InChI is InChI=1S/C13H14Br2F2O2/c1-2-3-18-13-8(15)6-11(13)19-10-5-7(14)4-9(16)12(10)17/h4-5,8,11,13H,2-3,6H2,1H3. The Hall–Kier alpha value is -0.200. The lowest BCUT2D eigenvalue weighted by molar-refractivity contribution is -0.0774. The van der Waals surface area contributed by atoms with Crippen LogP contribution in [0.5, 0.6) is 5.75 Å². The lowest BCUT2D eigenvalue weighted by Gasteiger charge is -2.40. The summed E-state index contributed by atoms with van der Waals surface area (Å²) in [6.07, 6.45) is 1.24. The first-order chi connectivity index (χ1) is 9.02. The Kier molecular flexibility index (Phi) is 5.20. The second-order valence-corrected chi connectivity index (χ2v) is 6.53. The second-order valence-electron chi connectivity index (χ2n) is 4.44. The van der Waals surface area contributed by atoms with Gasteiger partial charge in [-0.3, -0.25) is 0 Å². The van der Waals surface area contributed by atoms with E-state index in [9.17, 15) is 8.78 Å². The summed E-state index contributed by atoms with van der Waals surface area (Å²) in [7, 11) is 0. The Bertz CT molecular complexity index is 457. The van der Waals surface area contributed by atoms with Crippen LogP contribution in [0.1, 0.15) is 19.8 Å². The molecule has 0 aliphatic heterocycles. The summed E-state index contributed by atoms with van der Waals surface area (Å²) < 4.78 is 38.5. The van der Waals surface area contributed by atoms with Crippen molar-refractivity contribution in [1.82, 2.24) is 0 Å². The zero-order valence-corrected chi connectivity index (χ0v) is 13.5. The van der Waals surface area contributed by atoms with E-state index in [-0.39, 0.29) is 22.8 Å². The van der Waals surface area contributed by atoms with E-state index in [2.05, 4.69) is 31.9 Å². The van der Waals surface area contributed by atoms with Crippen LogP contribution >= 0.6 is 31.9 Å². The van der Waals surface area contributed by atoms with E-state index < -0.39 is 11.6 Å². The van der Waals surface area contributed by atoms with E-state index in [1.165, 1.54) is 6.07 Å². The van der Waals surface area contributed by atoms with Gasteiger partial charge < -0.3 is 9.47 Å². The highest BCUT2D eigenvalue weighted by atomic mass is 79.9. The fourth-order valence-electron chi connectivity index (χ4n) is 1.89. The smallest absolute Gasteiger partial charge is 0.200 e. The number of hydrogen-bond donors (Lipinski definition) is 0. The van der Waals surface area contributed by atoms with Crippen LogP contribution in [0.15, 0.2) is 16.6 Å². The lowest BCUT2D eigenvalue weighted by Crippen LogP contribution is -2.52. The predicted octanol–water partition coefficient (Wildman–Crippen LogP) is 4.44. The monoisotopic (exact) mass is 398 g/mol. The average molecular weight is 400 g/mol. The first kappa shape index (κ1) is 15.2. The van der Waals surface area contributed by atoms with Gasteiger partial charge in [-0.05, 0) is 18.6 Å². The summed E-state index contributed by atoms with van der Waals surface area (Å²) in [5.41, 5.74) is 0. The van der Waals surface area contributed by atoms with Crippen LogP contribution in [0, 0.1) is 11.6 Å². The Balaban J connectivity index is 2.05. The molecule has 2 nitrogen and oxygen atoms in total. The van der Waals surface area contributed by atoms with E-state index in [0.717, 1.165) is 12.5 Å². The van der Waals surface area contributed by atoms with Crippen molar-refractivity contribution in [1.29, 1.82) is 0 Å². The summed E-state index contributed by atoms with van der Waals surface area (Å²) in [4.78, 5) is 0.198. The molecule has 0 spiro atoms. The average Bonchev–Trinajstić information content (AvgIpc) is 2.35. The molecule has 1 fully saturated rings. The van der Waals surface area contributed by atoms with E-state index in [4.69, 9.17) is 9.47 Å². The zero-order chi connectivity index (χ0) is 14.0. The minimum Gasteiger partial charge on any atom is -0.484 e. The molecule has 3 atom stereocenters. The molecule has 3 unspecified atom stereocenters. The van der Waals surface area contributed by atoms with E-state index in [1.807, 2.05) is 6.92 Å². The topological polar surface area (TPSA) is 18.5 Å². The molecule has 1 saturated carbocycles. The molecule has 1 aliphatic rings. The molecule has 106 valence electrons. The van der Waals surface area contributed by atoms with Crippen LogP contribution in [0.3, 0.4) is 0 Å². The molecule has 1 aromatic rings. The lowest BCUT2D eigenvalue weighted by atomic mass is 9.91. The molecule has 6 heteroatoms. The molecule has 0 aromatic heterocycles. The van der Waals surface area contributed by atoms with E-state index in [1.54, 1.807) is 0 Å². The van der Waals surface area contributed by atoms with Gasteiger partial charge in [0, 0.05) is 22.3 Å². The zero-order valence-electron chi connectivity index (χ0n) is 10.3. The maximum atomic E-state index is 13.6. The Morgan fingerprint density at radius 2 is 2.11 bits per heavy atom. The van der Waals surface area contributed by atoms with Crippen LogP contribution in [0.2, 0.25) is 0 Å². The van der Waals surface area contributed by atoms with Crippen LogP contribution < -0.4 is 4.74 Å². The van der Waals surface area contributed by atoms with Crippen LogP contribution in [0.4, 0.5) is 8.78 Å². The van der Waals surface area contributed by atoms with Crippen molar-refractivity contribution in [3.8, 4) is 5.75 Å². The summed E-state index contributed by atoms with van der Waals surface area (Å²) in [5.74, 6) is -1.97. The summed E-state index contributed by atoms with van der Waals surface area (Å²) in [6.45, 7) is 2.64. The quantitative estimate of drug-likeness (QED) is 0.538. The molecule has 19 heavy (non-hydrogen) atoms. The normalized spacial score (nSPS) is 26.1. The Labute approximate surface area is 127 Å². The highest BCUT2D eigenvalue weighted by Crippen LogP contribution is 2.36. The van der Waals surface area contributed by atoms with Gasteiger partial charge in [0.2, 0.25) is 5.82 Å². The largest absolute Gasteiger partial charge is 0.484 e. The third kappa shape index (κ3) is 3.47. The van der Waals surface area contributed by atoms with Crippen molar-refractivity contribution in [2.24, 2.45) is 0 Å². The molecular weight excluding hydrogens is 386 g/mol. The van der Waals surface area contributed by atoms with E-state index in [0.29, 0.717) is 17.5 Å². The van der Waals surface area contributed by atoms with Gasteiger partial charge in [0.15, 0.2) is 11.6 Å². The van der Waals surface area contributed by atoms with Gasteiger partial charge in [0.05, 0.1) is 0 Å². The van der Waals surface area contributed by atoms with Crippen LogP contribution in [-0.2, 0) is 4.74 Å². The molecule has 0 radical (unpaired) electrons. The molecule has 1 aliphatic carbocycles.